The van der Waals surface area contributed by atoms with Crippen LogP contribution in [-0.4, -0.2) is 24.1 Å². The summed E-state index contributed by atoms with van der Waals surface area (Å²) in [7, 11) is 0. The molecule has 1 atom stereocenters. The molecule has 1 aromatic carbocycles. The number of hydrogen-bond acceptors (Lipinski definition) is 4. The normalized spacial score (nSPS) is 18.5. The molecule has 1 fully saturated rings. The molecule has 0 saturated carbocycles. The third kappa shape index (κ3) is 3.52. The minimum absolute atomic E-state index is 0.256. The molecule has 21 heavy (non-hydrogen) atoms. The summed E-state index contributed by atoms with van der Waals surface area (Å²) in [6.45, 7) is 2.50. The highest BCUT2D eigenvalue weighted by atomic mass is 16.5. The number of piperidine rings is 1. The lowest BCUT2D eigenvalue weighted by molar-refractivity contribution is 0.305. The molecule has 3 rings (SSSR count). The van der Waals surface area contributed by atoms with E-state index >= 15 is 0 Å². The van der Waals surface area contributed by atoms with E-state index in [-0.39, 0.29) is 6.04 Å². The van der Waals surface area contributed by atoms with E-state index in [1.54, 1.807) is 12.4 Å². The van der Waals surface area contributed by atoms with Crippen molar-refractivity contribution in [1.29, 1.82) is 0 Å². The number of aromatic nitrogens is 1. The van der Waals surface area contributed by atoms with Gasteiger partial charge in [0.15, 0.2) is 0 Å². The van der Waals surface area contributed by atoms with Gasteiger partial charge in [0.2, 0.25) is 0 Å². The van der Waals surface area contributed by atoms with Gasteiger partial charge in [-0.1, -0.05) is 12.1 Å². The van der Waals surface area contributed by atoms with Crippen LogP contribution in [0.3, 0.4) is 0 Å². The minimum atomic E-state index is 0.256. The van der Waals surface area contributed by atoms with Crippen LogP contribution in [0.5, 0.6) is 5.75 Å². The zero-order valence-corrected chi connectivity index (χ0v) is 12.1. The van der Waals surface area contributed by atoms with E-state index in [1.807, 2.05) is 24.3 Å². The highest BCUT2D eigenvalue weighted by Crippen LogP contribution is 2.30. The predicted molar refractivity (Wildman–Crippen MR) is 84.4 cm³/mol. The summed E-state index contributed by atoms with van der Waals surface area (Å²) in [6, 6.07) is 12.4. The Labute approximate surface area is 125 Å². The fourth-order valence-electron chi connectivity index (χ4n) is 2.71. The maximum absolute atomic E-state index is 6.09. The summed E-state index contributed by atoms with van der Waals surface area (Å²) in [4.78, 5) is 6.35. The Kier molecular flexibility index (Phi) is 4.36. The number of para-hydroxylation sites is 2. The molecule has 0 bridgehead atoms. The monoisotopic (exact) mass is 283 g/mol. The summed E-state index contributed by atoms with van der Waals surface area (Å²) >= 11 is 0. The first-order valence-corrected chi connectivity index (χ1v) is 7.44. The summed E-state index contributed by atoms with van der Waals surface area (Å²) in [6.07, 6.45) is 5.82. The molecule has 0 aliphatic carbocycles. The molecule has 4 heteroatoms. The van der Waals surface area contributed by atoms with Crippen molar-refractivity contribution < 1.29 is 4.74 Å². The SMILES string of the molecule is NC1CCCN(c2ccccc2OCc2ccncc2)C1. The van der Waals surface area contributed by atoms with Crippen LogP contribution in [0.4, 0.5) is 5.69 Å². The maximum atomic E-state index is 6.09. The molecule has 110 valence electrons. The predicted octanol–water partition coefficient (Wildman–Crippen LogP) is 2.59. The molecule has 1 aliphatic rings. The van der Waals surface area contributed by atoms with Gasteiger partial charge in [0.05, 0.1) is 5.69 Å². The van der Waals surface area contributed by atoms with Crippen molar-refractivity contribution in [2.45, 2.75) is 25.5 Å². The van der Waals surface area contributed by atoms with Crippen LogP contribution in [0.25, 0.3) is 0 Å². The highest BCUT2D eigenvalue weighted by molar-refractivity contribution is 5.58. The van der Waals surface area contributed by atoms with E-state index in [4.69, 9.17) is 10.5 Å². The van der Waals surface area contributed by atoms with Crippen molar-refractivity contribution in [2.75, 3.05) is 18.0 Å². The first kappa shape index (κ1) is 13.9. The van der Waals surface area contributed by atoms with Crippen LogP contribution in [0, 0.1) is 0 Å². The number of pyridine rings is 1. The zero-order valence-electron chi connectivity index (χ0n) is 12.1. The lowest BCUT2D eigenvalue weighted by Crippen LogP contribution is -2.42. The second-order valence-corrected chi connectivity index (χ2v) is 5.46. The van der Waals surface area contributed by atoms with E-state index < -0.39 is 0 Å². The number of anilines is 1. The molecule has 4 nitrogen and oxygen atoms in total. The van der Waals surface area contributed by atoms with Crippen LogP contribution in [0.15, 0.2) is 48.8 Å². The van der Waals surface area contributed by atoms with Gasteiger partial charge >= 0.3 is 0 Å². The lowest BCUT2D eigenvalue weighted by atomic mass is 10.1. The van der Waals surface area contributed by atoms with E-state index in [0.717, 1.165) is 42.9 Å². The second kappa shape index (κ2) is 6.59. The molecule has 1 aliphatic heterocycles. The minimum Gasteiger partial charge on any atom is -0.487 e. The van der Waals surface area contributed by atoms with Crippen molar-refractivity contribution in [1.82, 2.24) is 4.98 Å². The third-order valence-electron chi connectivity index (χ3n) is 3.81. The second-order valence-electron chi connectivity index (χ2n) is 5.46. The summed E-state index contributed by atoms with van der Waals surface area (Å²) in [5, 5.41) is 0. The van der Waals surface area contributed by atoms with Crippen LogP contribution < -0.4 is 15.4 Å². The van der Waals surface area contributed by atoms with Crippen molar-refractivity contribution in [2.24, 2.45) is 5.73 Å². The zero-order chi connectivity index (χ0) is 14.5. The van der Waals surface area contributed by atoms with E-state index in [0.29, 0.717) is 6.61 Å². The Morgan fingerprint density at radius 1 is 1.19 bits per heavy atom. The van der Waals surface area contributed by atoms with Gasteiger partial charge in [-0.05, 0) is 42.7 Å². The van der Waals surface area contributed by atoms with Gasteiger partial charge < -0.3 is 15.4 Å². The average molecular weight is 283 g/mol. The number of ether oxygens (including phenoxy) is 1. The Bertz CT molecular complexity index is 573. The number of hydrogen-bond donors (Lipinski definition) is 1. The molecule has 0 spiro atoms. The maximum Gasteiger partial charge on any atom is 0.143 e. The van der Waals surface area contributed by atoms with Gasteiger partial charge in [0.25, 0.3) is 0 Å². The van der Waals surface area contributed by atoms with Gasteiger partial charge in [0, 0.05) is 31.5 Å². The fraction of sp³-hybridized carbons (Fsp3) is 0.353. The molecule has 0 radical (unpaired) electrons. The molecule has 2 aromatic rings. The molecule has 1 saturated heterocycles. The van der Waals surface area contributed by atoms with Gasteiger partial charge in [-0.2, -0.15) is 0 Å². The molecular formula is C17H21N3O. The summed E-state index contributed by atoms with van der Waals surface area (Å²) in [5.74, 6) is 0.920. The fourth-order valence-corrected chi connectivity index (χ4v) is 2.71. The molecule has 0 amide bonds. The molecule has 1 unspecified atom stereocenters. The lowest BCUT2D eigenvalue weighted by Gasteiger charge is -2.33. The smallest absolute Gasteiger partial charge is 0.143 e. The summed E-state index contributed by atoms with van der Waals surface area (Å²) in [5.41, 5.74) is 8.35. The third-order valence-corrected chi connectivity index (χ3v) is 3.81. The van der Waals surface area contributed by atoms with Crippen LogP contribution in [0.2, 0.25) is 0 Å². The molecular weight excluding hydrogens is 262 g/mol. The van der Waals surface area contributed by atoms with Crippen molar-refractivity contribution in [3.63, 3.8) is 0 Å². The van der Waals surface area contributed by atoms with E-state index in [9.17, 15) is 0 Å². The molecule has 1 aromatic heterocycles. The van der Waals surface area contributed by atoms with Gasteiger partial charge in [-0.3, -0.25) is 4.98 Å². The first-order valence-electron chi connectivity index (χ1n) is 7.44. The highest BCUT2D eigenvalue weighted by Gasteiger charge is 2.19. The van der Waals surface area contributed by atoms with Crippen LogP contribution >= 0.6 is 0 Å². The Balaban J connectivity index is 1.73. The van der Waals surface area contributed by atoms with Gasteiger partial charge in [-0.15, -0.1) is 0 Å². The van der Waals surface area contributed by atoms with Crippen LogP contribution in [-0.2, 0) is 6.61 Å². The van der Waals surface area contributed by atoms with Crippen molar-refractivity contribution in [3.05, 3.63) is 54.4 Å². The Morgan fingerprint density at radius 3 is 2.81 bits per heavy atom. The van der Waals surface area contributed by atoms with Crippen molar-refractivity contribution >= 4 is 5.69 Å². The quantitative estimate of drug-likeness (QED) is 0.937. The standard InChI is InChI=1S/C17H21N3O/c18-15-4-3-11-20(12-15)16-5-1-2-6-17(16)21-13-14-7-9-19-10-8-14/h1-2,5-10,15H,3-4,11-13,18H2. The first-order chi connectivity index (χ1) is 10.3. The van der Waals surface area contributed by atoms with E-state index in [2.05, 4.69) is 22.0 Å². The number of rotatable bonds is 4. The average Bonchev–Trinajstić information content (AvgIpc) is 2.54. The number of benzene rings is 1. The Morgan fingerprint density at radius 2 is 2.00 bits per heavy atom. The largest absolute Gasteiger partial charge is 0.487 e. The van der Waals surface area contributed by atoms with Crippen molar-refractivity contribution in [3.8, 4) is 5.75 Å². The summed E-state index contributed by atoms with van der Waals surface area (Å²) < 4.78 is 6.00. The van der Waals surface area contributed by atoms with E-state index in [1.165, 1.54) is 0 Å². The van der Waals surface area contributed by atoms with Crippen LogP contribution in [0.1, 0.15) is 18.4 Å². The number of nitrogens with zero attached hydrogens (tertiary/aromatic N) is 2. The topological polar surface area (TPSA) is 51.4 Å². The number of nitrogens with two attached hydrogens (primary N) is 1. The van der Waals surface area contributed by atoms with Gasteiger partial charge in [-0.25, -0.2) is 0 Å². The molecule has 2 N–H and O–H groups in total. The Hall–Kier alpha value is -2.07. The molecule has 2 heterocycles. The van der Waals surface area contributed by atoms with Gasteiger partial charge in [0.1, 0.15) is 12.4 Å².